The van der Waals surface area contributed by atoms with E-state index in [0.717, 1.165) is 38.5 Å². The normalized spacial score (nSPS) is 21.2. The van der Waals surface area contributed by atoms with E-state index in [1.54, 1.807) is 0 Å². The van der Waals surface area contributed by atoms with E-state index in [0.29, 0.717) is 12.8 Å². The second-order valence-electron chi connectivity index (χ2n) is 14.7. The third-order valence-electron chi connectivity index (χ3n) is 9.60. The van der Waals surface area contributed by atoms with Gasteiger partial charge in [-0.2, -0.15) is 8.42 Å². The van der Waals surface area contributed by atoms with Crippen molar-refractivity contribution >= 4 is 22.1 Å². The molecule has 1 heterocycles. The molecule has 0 aliphatic carbocycles. The molecule has 1 fully saturated rings. The summed E-state index contributed by atoms with van der Waals surface area (Å²) in [6.07, 6.45) is 21.3. The number of carbonyl (C=O) groups is 2. The summed E-state index contributed by atoms with van der Waals surface area (Å²) in [6.45, 7) is 3.70. The van der Waals surface area contributed by atoms with Crippen LogP contribution in [0.15, 0.2) is 12.2 Å². The molecule has 12 nitrogen and oxygen atoms in total. The highest BCUT2D eigenvalue weighted by molar-refractivity contribution is 7.85. The summed E-state index contributed by atoms with van der Waals surface area (Å²) in [5.41, 5.74) is 0. The maximum atomic E-state index is 12.7. The fourth-order valence-electron chi connectivity index (χ4n) is 6.30. The molecule has 0 aromatic heterocycles. The van der Waals surface area contributed by atoms with Gasteiger partial charge in [-0.05, 0) is 32.1 Å². The number of unbranched alkanes of at least 4 members (excludes halogenated alkanes) is 20. The van der Waals surface area contributed by atoms with Crippen molar-refractivity contribution in [3.63, 3.8) is 0 Å². The van der Waals surface area contributed by atoms with Crippen molar-refractivity contribution in [3.05, 3.63) is 12.2 Å². The Morgan fingerprint density at radius 3 is 1.62 bits per heavy atom. The molecule has 0 radical (unpaired) electrons. The third-order valence-corrected chi connectivity index (χ3v) is 10.3. The van der Waals surface area contributed by atoms with Crippen molar-refractivity contribution in [2.75, 3.05) is 19.0 Å². The minimum atomic E-state index is -4.59. The largest absolute Gasteiger partial charge is 0.462 e. The van der Waals surface area contributed by atoms with E-state index in [1.807, 2.05) is 0 Å². The summed E-state index contributed by atoms with van der Waals surface area (Å²) in [5, 5.41) is 30.8. The molecule has 0 aromatic rings. The minimum absolute atomic E-state index is 0.168. The van der Waals surface area contributed by atoms with Crippen LogP contribution >= 0.6 is 0 Å². The lowest BCUT2D eigenvalue weighted by Crippen LogP contribution is -2.60. The quantitative estimate of drug-likeness (QED) is 0.0219. The lowest BCUT2D eigenvalue weighted by Gasteiger charge is -2.40. The number of allylic oxidation sites excluding steroid dienone is 2. The van der Waals surface area contributed by atoms with Gasteiger partial charge in [-0.3, -0.25) is 14.1 Å². The van der Waals surface area contributed by atoms with E-state index in [4.69, 9.17) is 18.9 Å². The van der Waals surface area contributed by atoms with Crippen LogP contribution in [-0.2, 0) is 38.7 Å². The molecule has 13 heteroatoms. The van der Waals surface area contributed by atoms with Crippen LogP contribution in [0.2, 0.25) is 0 Å². The minimum Gasteiger partial charge on any atom is -0.462 e. The van der Waals surface area contributed by atoms with Gasteiger partial charge >= 0.3 is 11.9 Å². The Morgan fingerprint density at radius 1 is 0.623 bits per heavy atom. The highest BCUT2D eigenvalue weighted by Gasteiger charge is 2.46. The van der Waals surface area contributed by atoms with E-state index in [9.17, 15) is 37.9 Å². The van der Waals surface area contributed by atoms with Crippen molar-refractivity contribution in [1.29, 1.82) is 0 Å². The Bertz CT molecular complexity index is 1050. The lowest BCUT2D eigenvalue weighted by molar-refractivity contribution is -0.297. The number of aliphatic hydroxyl groups excluding tert-OH is 3. The monoisotopic (exact) mass is 778 g/mol. The van der Waals surface area contributed by atoms with Crippen LogP contribution in [0.5, 0.6) is 0 Å². The molecule has 1 aliphatic heterocycles. The molecule has 4 N–H and O–H groups in total. The Morgan fingerprint density at radius 2 is 1.09 bits per heavy atom. The molecule has 1 saturated heterocycles. The Hall–Kier alpha value is -1.61. The summed E-state index contributed by atoms with van der Waals surface area (Å²) >= 11 is 0. The first-order valence-electron chi connectivity index (χ1n) is 20.7. The van der Waals surface area contributed by atoms with Crippen LogP contribution in [0, 0.1) is 0 Å². The zero-order valence-corrected chi connectivity index (χ0v) is 33.7. The Balaban J connectivity index is 2.47. The van der Waals surface area contributed by atoms with E-state index >= 15 is 0 Å². The molecule has 0 saturated carbocycles. The molecule has 0 spiro atoms. The van der Waals surface area contributed by atoms with Gasteiger partial charge in [-0.1, -0.05) is 142 Å². The van der Waals surface area contributed by atoms with Gasteiger partial charge in [0, 0.05) is 12.8 Å². The summed E-state index contributed by atoms with van der Waals surface area (Å²) in [5.74, 6) is -1.98. The highest BCUT2D eigenvalue weighted by Crippen LogP contribution is 2.24. The lowest BCUT2D eigenvalue weighted by atomic mass is 10.00. The second kappa shape index (κ2) is 31.6. The zero-order valence-electron chi connectivity index (χ0n) is 32.9. The van der Waals surface area contributed by atoms with Gasteiger partial charge in [0.2, 0.25) is 0 Å². The SMILES string of the molecule is CCCC/C=C/CCCCCCCCCCCC(=O)OC[C@H](CO[C@H]1O[C@H](CS(=O)(=O)O)[C@@H](O)C(O)C1O)OC(=O)CCCCCCCCCCCC. The van der Waals surface area contributed by atoms with Crippen LogP contribution in [0.3, 0.4) is 0 Å². The number of hydrogen-bond acceptors (Lipinski definition) is 11. The van der Waals surface area contributed by atoms with E-state index in [2.05, 4.69) is 26.0 Å². The number of ether oxygens (including phenoxy) is 4. The molecule has 2 unspecified atom stereocenters. The topological polar surface area (TPSA) is 186 Å². The van der Waals surface area contributed by atoms with Crippen molar-refractivity contribution in [3.8, 4) is 0 Å². The number of aliphatic hydroxyl groups is 3. The van der Waals surface area contributed by atoms with Crippen LogP contribution in [-0.4, -0.2) is 96.0 Å². The van der Waals surface area contributed by atoms with Gasteiger partial charge in [0.15, 0.2) is 12.4 Å². The van der Waals surface area contributed by atoms with Crippen molar-refractivity contribution < 1.29 is 56.8 Å². The molecule has 6 atom stereocenters. The molecular weight excluding hydrogens is 704 g/mol. The van der Waals surface area contributed by atoms with E-state index < -0.39 is 71.2 Å². The third kappa shape index (κ3) is 26.8. The van der Waals surface area contributed by atoms with Gasteiger partial charge in [-0.15, -0.1) is 0 Å². The summed E-state index contributed by atoms with van der Waals surface area (Å²) in [6, 6.07) is 0. The van der Waals surface area contributed by atoms with E-state index in [-0.39, 0.29) is 19.4 Å². The Kier molecular flexibility index (Phi) is 29.4. The summed E-state index contributed by atoms with van der Waals surface area (Å²) in [7, 11) is -4.59. The van der Waals surface area contributed by atoms with Crippen LogP contribution in [0.25, 0.3) is 0 Å². The van der Waals surface area contributed by atoms with Gasteiger partial charge in [-0.25, -0.2) is 0 Å². The maximum absolute atomic E-state index is 12.7. The van der Waals surface area contributed by atoms with Crippen LogP contribution < -0.4 is 0 Å². The smallest absolute Gasteiger partial charge is 0.306 e. The molecule has 0 amide bonds. The summed E-state index contributed by atoms with van der Waals surface area (Å²) in [4.78, 5) is 25.2. The van der Waals surface area contributed by atoms with Crippen molar-refractivity contribution in [2.24, 2.45) is 0 Å². The van der Waals surface area contributed by atoms with Crippen LogP contribution in [0.4, 0.5) is 0 Å². The van der Waals surface area contributed by atoms with Crippen molar-refractivity contribution in [1.82, 2.24) is 0 Å². The molecule has 0 aromatic carbocycles. The summed E-state index contributed by atoms with van der Waals surface area (Å²) < 4.78 is 53.8. The number of esters is 2. The molecule has 1 aliphatic rings. The first-order valence-corrected chi connectivity index (χ1v) is 22.4. The Labute approximate surface area is 320 Å². The number of carbonyl (C=O) groups excluding carboxylic acids is 2. The number of hydrogen-bond donors (Lipinski definition) is 4. The maximum Gasteiger partial charge on any atom is 0.306 e. The molecule has 312 valence electrons. The molecule has 1 rings (SSSR count). The predicted molar refractivity (Wildman–Crippen MR) is 206 cm³/mol. The first-order chi connectivity index (χ1) is 25.5. The molecule has 53 heavy (non-hydrogen) atoms. The number of rotatable bonds is 34. The average Bonchev–Trinajstić information content (AvgIpc) is 3.12. The van der Waals surface area contributed by atoms with Gasteiger partial charge in [0.05, 0.1) is 6.61 Å². The highest BCUT2D eigenvalue weighted by atomic mass is 32.2. The van der Waals surface area contributed by atoms with Gasteiger partial charge in [0.1, 0.15) is 36.8 Å². The fourth-order valence-corrected chi connectivity index (χ4v) is 7.00. The van der Waals surface area contributed by atoms with Crippen LogP contribution in [0.1, 0.15) is 174 Å². The van der Waals surface area contributed by atoms with Gasteiger partial charge in [0.25, 0.3) is 10.1 Å². The molecular formula is C40H74O12S. The van der Waals surface area contributed by atoms with E-state index in [1.165, 1.54) is 96.3 Å². The predicted octanol–water partition coefficient (Wildman–Crippen LogP) is 7.50. The fraction of sp³-hybridized carbons (Fsp3) is 0.900. The van der Waals surface area contributed by atoms with Crippen molar-refractivity contribution in [2.45, 2.75) is 211 Å². The van der Waals surface area contributed by atoms with Gasteiger partial charge < -0.3 is 34.3 Å². The zero-order chi connectivity index (χ0) is 39.2. The average molecular weight is 779 g/mol. The second-order valence-corrected chi connectivity index (χ2v) is 16.2. The molecule has 0 bridgehead atoms. The first kappa shape index (κ1) is 49.4. The standard InChI is InChI=1S/C40H74O12S/c1-3-5-7-9-11-13-15-16-17-18-19-21-22-24-26-28-35(41)49-30-33(51-36(42)29-27-25-23-20-14-12-10-8-6-4-2)31-50-40-39(45)38(44)37(43)34(52-40)32-53(46,47)48/h9,11,33-34,37-40,43-45H,3-8,10,12-32H2,1-2H3,(H,46,47,48)/b11-9+/t33-,34-,37-,38?,39?,40+/m1/s1.